The van der Waals surface area contributed by atoms with E-state index in [1.807, 2.05) is 0 Å². The average molecular weight is 279 g/mol. The zero-order valence-electron chi connectivity index (χ0n) is 11.5. The monoisotopic (exact) mass is 279 g/mol. The molecule has 20 heavy (non-hydrogen) atoms. The number of hydrogen-bond acceptors (Lipinski definition) is 4. The number of hydrogen-bond donors (Lipinski definition) is 2. The molecule has 1 aromatic carbocycles. The van der Waals surface area contributed by atoms with Crippen molar-refractivity contribution in [2.45, 2.75) is 12.8 Å². The maximum absolute atomic E-state index is 11.0. The molecule has 2 N–H and O–H groups in total. The van der Waals surface area contributed by atoms with Gasteiger partial charge in [0.2, 0.25) is 0 Å². The number of aliphatic hydroxyl groups is 1. The number of aromatic carboxylic acids is 1. The first kappa shape index (κ1) is 14.8. The minimum absolute atomic E-state index is 0.201. The molecule has 1 atom stereocenters. The van der Waals surface area contributed by atoms with E-state index in [0.717, 1.165) is 32.5 Å². The van der Waals surface area contributed by atoms with E-state index >= 15 is 0 Å². The predicted molar refractivity (Wildman–Crippen MR) is 75.1 cm³/mol. The summed E-state index contributed by atoms with van der Waals surface area (Å²) < 4.78 is 5.58. The molecular formula is C15H21NO4. The molecule has 0 saturated carbocycles. The highest BCUT2D eigenvalue weighted by Gasteiger charge is 2.21. The van der Waals surface area contributed by atoms with Crippen molar-refractivity contribution < 1.29 is 19.7 Å². The van der Waals surface area contributed by atoms with Gasteiger partial charge in [-0.2, -0.15) is 0 Å². The molecule has 0 aromatic heterocycles. The normalized spacial score (nSPS) is 19.1. The van der Waals surface area contributed by atoms with Crippen LogP contribution >= 0.6 is 0 Å². The molecule has 2 rings (SSSR count). The van der Waals surface area contributed by atoms with Crippen LogP contribution in [0.4, 0.5) is 0 Å². The lowest BCUT2D eigenvalue weighted by atomic mass is 10.1. The molecule has 1 saturated heterocycles. The van der Waals surface area contributed by atoms with E-state index in [4.69, 9.17) is 14.9 Å². The molecule has 1 fully saturated rings. The summed E-state index contributed by atoms with van der Waals surface area (Å²) in [6.45, 7) is 3.53. The van der Waals surface area contributed by atoms with Crippen LogP contribution in [0.1, 0.15) is 23.2 Å². The molecule has 0 radical (unpaired) electrons. The number of carboxylic acids is 1. The van der Waals surface area contributed by atoms with Gasteiger partial charge in [-0.05, 0) is 37.4 Å². The highest BCUT2D eigenvalue weighted by molar-refractivity contribution is 5.90. The Morgan fingerprint density at radius 3 is 2.95 bits per heavy atom. The van der Waals surface area contributed by atoms with Crippen LogP contribution in [-0.4, -0.2) is 53.9 Å². The molecule has 1 unspecified atom stereocenters. The second-order valence-corrected chi connectivity index (χ2v) is 5.12. The molecule has 1 aromatic rings. The van der Waals surface area contributed by atoms with Gasteiger partial charge >= 0.3 is 5.97 Å². The quantitative estimate of drug-likeness (QED) is 0.791. The van der Waals surface area contributed by atoms with Crippen LogP contribution in [-0.2, 0) is 0 Å². The van der Waals surface area contributed by atoms with Crippen molar-refractivity contribution in [1.82, 2.24) is 4.90 Å². The van der Waals surface area contributed by atoms with Gasteiger partial charge in [-0.1, -0.05) is 12.1 Å². The lowest BCUT2D eigenvalue weighted by molar-refractivity contribution is 0.0691. The summed E-state index contributed by atoms with van der Waals surface area (Å²) in [6, 6.07) is 6.69. The lowest BCUT2D eigenvalue weighted by Crippen LogP contribution is -2.26. The summed E-state index contributed by atoms with van der Waals surface area (Å²) in [4.78, 5) is 13.3. The van der Waals surface area contributed by atoms with Crippen LogP contribution in [0.25, 0.3) is 0 Å². The molecule has 0 spiro atoms. The van der Waals surface area contributed by atoms with Gasteiger partial charge in [0.15, 0.2) is 0 Å². The Balaban J connectivity index is 1.78. The fourth-order valence-corrected chi connectivity index (χ4v) is 2.59. The van der Waals surface area contributed by atoms with Crippen molar-refractivity contribution in [3.8, 4) is 5.75 Å². The highest BCUT2D eigenvalue weighted by Crippen LogP contribution is 2.20. The van der Waals surface area contributed by atoms with Crippen molar-refractivity contribution in [1.29, 1.82) is 0 Å². The predicted octanol–water partition coefficient (Wildman–Crippen LogP) is 1.47. The van der Waals surface area contributed by atoms with Crippen molar-refractivity contribution in [3.63, 3.8) is 0 Å². The highest BCUT2D eigenvalue weighted by atomic mass is 16.5. The Morgan fingerprint density at radius 2 is 2.20 bits per heavy atom. The number of nitrogens with zero attached hydrogens (tertiary/aromatic N) is 1. The topological polar surface area (TPSA) is 70.0 Å². The smallest absolute Gasteiger partial charge is 0.339 e. The Labute approximate surface area is 118 Å². The Kier molecular flexibility index (Phi) is 5.38. The van der Waals surface area contributed by atoms with Gasteiger partial charge in [0.25, 0.3) is 0 Å². The van der Waals surface area contributed by atoms with Crippen molar-refractivity contribution >= 4 is 5.97 Å². The Morgan fingerprint density at radius 1 is 1.40 bits per heavy atom. The minimum atomic E-state index is -0.968. The first-order valence-corrected chi connectivity index (χ1v) is 6.99. The second kappa shape index (κ2) is 7.26. The third-order valence-corrected chi connectivity index (χ3v) is 3.69. The van der Waals surface area contributed by atoms with E-state index in [2.05, 4.69) is 4.90 Å². The van der Waals surface area contributed by atoms with Crippen LogP contribution in [0.3, 0.4) is 0 Å². The number of aliphatic hydroxyl groups excluding tert-OH is 1. The fourth-order valence-electron chi connectivity index (χ4n) is 2.59. The van der Waals surface area contributed by atoms with Gasteiger partial charge in [0.05, 0.1) is 0 Å². The number of carboxylic acid groups (broad SMARTS) is 1. The Bertz CT molecular complexity index is 449. The standard InChI is InChI=1S/C15H21NO4/c17-9-6-12-5-7-16(11-12)8-10-20-14-4-2-1-3-13(14)15(18)19/h1-4,12,17H,5-11H2,(H,18,19). The first-order valence-electron chi connectivity index (χ1n) is 6.99. The number of carbonyl (C=O) groups is 1. The first-order chi connectivity index (χ1) is 9.70. The van der Waals surface area contributed by atoms with Crippen molar-refractivity contribution in [2.24, 2.45) is 5.92 Å². The second-order valence-electron chi connectivity index (χ2n) is 5.12. The minimum Gasteiger partial charge on any atom is -0.491 e. The molecule has 1 aliphatic heterocycles. The summed E-state index contributed by atoms with van der Waals surface area (Å²) in [5.74, 6) is 0.0298. The van der Waals surface area contributed by atoms with Crippen molar-refractivity contribution in [3.05, 3.63) is 29.8 Å². The van der Waals surface area contributed by atoms with Crippen LogP contribution in [0.2, 0.25) is 0 Å². The summed E-state index contributed by atoms with van der Waals surface area (Å²) in [7, 11) is 0. The number of ether oxygens (including phenoxy) is 1. The number of likely N-dealkylation sites (tertiary alicyclic amines) is 1. The number of benzene rings is 1. The molecule has 0 amide bonds. The van der Waals surface area contributed by atoms with E-state index in [9.17, 15) is 4.79 Å². The molecule has 0 aliphatic carbocycles. The van der Waals surface area contributed by atoms with E-state index in [1.54, 1.807) is 24.3 Å². The molecule has 1 heterocycles. The van der Waals surface area contributed by atoms with E-state index in [0.29, 0.717) is 18.3 Å². The molecule has 110 valence electrons. The van der Waals surface area contributed by atoms with Crippen LogP contribution in [0, 0.1) is 5.92 Å². The van der Waals surface area contributed by atoms with E-state index in [1.165, 1.54) is 0 Å². The van der Waals surface area contributed by atoms with Gasteiger partial charge in [-0.25, -0.2) is 4.79 Å². The maximum atomic E-state index is 11.0. The molecule has 0 bridgehead atoms. The van der Waals surface area contributed by atoms with Crippen LogP contribution < -0.4 is 4.74 Å². The van der Waals surface area contributed by atoms with E-state index in [-0.39, 0.29) is 12.2 Å². The molecule has 1 aliphatic rings. The van der Waals surface area contributed by atoms with Gasteiger partial charge in [0.1, 0.15) is 17.9 Å². The molecule has 5 heteroatoms. The Hall–Kier alpha value is -1.59. The largest absolute Gasteiger partial charge is 0.491 e. The number of rotatable bonds is 7. The van der Waals surface area contributed by atoms with E-state index < -0.39 is 5.97 Å². The lowest BCUT2D eigenvalue weighted by Gasteiger charge is -2.16. The van der Waals surface area contributed by atoms with Gasteiger partial charge < -0.3 is 14.9 Å². The summed E-state index contributed by atoms with van der Waals surface area (Å²) in [5, 5.41) is 18.0. The zero-order chi connectivity index (χ0) is 14.4. The van der Waals surface area contributed by atoms with Crippen LogP contribution in [0.5, 0.6) is 5.75 Å². The summed E-state index contributed by atoms with van der Waals surface area (Å²) in [6.07, 6.45) is 1.98. The third-order valence-electron chi connectivity index (χ3n) is 3.69. The summed E-state index contributed by atoms with van der Waals surface area (Å²) in [5.41, 5.74) is 0.201. The average Bonchev–Trinajstić information content (AvgIpc) is 2.87. The third kappa shape index (κ3) is 3.95. The summed E-state index contributed by atoms with van der Waals surface area (Å²) >= 11 is 0. The SMILES string of the molecule is O=C(O)c1ccccc1OCCN1CCC(CCO)C1. The molecular weight excluding hydrogens is 258 g/mol. The van der Waals surface area contributed by atoms with Crippen molar-refractivity contribution in [2.75, 3.05) is 32.8 Å². The zero-order valence-corrected chi connectivity index (χ0v) is 11.5. The molecule has 5 nitrogen and oxygen atoms in total. The van der Waals surface area contributed by atoms with Gasteiger partial charge in [-0.15, -0.1) is 0 Å². The fraction of sp³-hybridized carbons (Fsp3) is 0.533. The maximum Gasteiger partial charge on any atom is 0.339 e. The van der Waals surface area contributed by atoms with Gasteiger partial charge in [0, 0.05) is 19.7 Å². The number of para-hydroxylation sites is 1. The van der Waals surface area contributed by atoms with Gasteiger partial charge in [-0.3, -0.25) is 4.90 Å². The van der Waals surface area contributed by atoms with Crippen LogP contribution in [0.15, 0.2) is 24.3 Å².